The summed E-state index contributed by atoms with van der Waals surface area (Å²) >= 11 is 1.31. The van der Waals surface area contributed by atoms with Crippen LogP contribution in [0.2, 0.25) is 0 Å². The van der Waals surface area contributed by atoms with E-state index >= 15 is 0 Å². The molecular formula is C17H19N5O2S. The van der Waals surface area contributed by atoms with E-state index < -0.39 is 5.91 Å². The largest absolute Gasteiger partial charge is 0.366 e. The fourth-order valence-electron chi connectivity index (χ4n) is 2.47. The smallest absolute Gasteiger partial charge is 0.250 e. The minimum atomic E-state index is -0.580. The third-order valence-electron chi connectivity index (χ3n) is 3.80. The molecule has 3 N–H and O–H groups in total. The number of hydrogen-bond acceptors (Lipinski definition) is 5. The van der Waals surface area contributed by atoms with Crippen LogP contribution < -0.4 is 11.1 Å². The normalized spacial score (nSPS) is 13.4. The molecule has 0 atom stereocenters. The van der Waals surface area contributed by atoms with Gasteiger partial charge in [-0.05, 0) is 25.0 Å². The Bertz CT molecular complexity index is 813. The van der Waals surface area contributed by atoms with Crippen LogP contribution in [-0.4, -0.2) is 32.3 Å². The van der Waals surface area contributed by atoms with Crippen LogP contribution >= 0.6 is 11.8 Å². The number of primary amides is 1. The first-order chi connectivity index (χ1) is 12.1. The van der Waals surface area contributed by atoms with Gasteiger partial charge in [0.25, 0.3) is 5.91 Å². The summed E-state index contributed by atoms with van der Waals surface area (Å²) in [5.41, 5.74) is 6.01. The van der Waals surface area contributed by atoms with Crippen molar-refractivity contribution in [1.29, 1.82) is 0 Å². The molecule has 3 rings (SSSR count). The van der Waals surface area contributed by atoms with Gasteiger partial charge < -0.3 is 15.6 Å². The van der Waals surface area contributed by atoms with E-state index in [1.165, 1.54) is 11.8 Å². The van der Waals surface area contributed by atoms with E-state index in [2.05, 4.69) is 22.1 Å². The van der Waals surface area contributed by atoms with E-state index in [0.717, 1.165) is 18.7 Å². The molecule has 1 aromatic carbocycles. The first kappa shape index (κ1) is 17.2. The highest BCUT2D eigenvalue weighted by molar-refractivity contribution is 7.99. The minimum absolute atomic E-state index is 0.160. The lowest BCUT2D eigenvalue weighted by Gasteiger charge is -2.09. The molecule has 0 bridgehead atoms. The van der Waals surface area contributed by atoms with Gasteiger partial charge in [0, 0.05) is 12.5 Å². The Balaban J connectivity index is 1.65. The number of amides is 2. The van der Waals surface area contributed by atoms with Crippen molar-refractivity contribution in [2.45, 2.75) is 30.5 Å². The maximum absolute atomic E-state index is 12.2. The van der Waals surface area contributed by atoms with Crippen LogP contribution in [0.1, 0.15) is 34.9 Å². The van der Waals surface area contributed by atoms with Gasteiger partial charge in [0.05, 0.1) is 17.0 Å². The van der Waals surface area contributed by atoms with Gasteiger partial charge >= 0.3 is 0 Å². The Labute approximate surface area is 149 Å². The predicted molar refractivity (Wildman–Crippen MR) is 96.5 cm³/mol. The molecule has 2 amide bonds. The fourth-order valence-corrected chi connectivity index (χ4v) is 3.23. The lowest BCUT2D eigenvalue weighted by molar-refractivity contribution is -0.113. The number of thioether (sulfide) groups is 1. The number of carbonyl (C=O) groups is 2. The van der Waals surface area contributed by atoms with Crippen LogP contribution in [0, 0.1) is 0 Å². The number of nitrogens with zero attached hydrogens (tertiary/aromatic N) is 3. The van der Waals surface area contributed by atoms with Crippen LogP contribution in [0.5, 0.6) is 0 Å². The number of carbonyl (C=O) groups excluding carboxylic acids is 2. The van der Waals surface area contributed by atoms with E-state index in [-0.39, 0.29) is 17.2 Å². The average molecular weight is 357 g/mol. The van der Waals surface area contributed by atoms with Crippen molar-refractivity contribution in [2.24, 2.45) is 5.73 Å². The molecule has 1 fully saturated rings. The summed E-state index contributed by atoms with van der Waals surface area (Å²) < 4.78 is 2.00. The number of benzene rings is 1. The van der Waals surface area contributed by atoms with Gasteiger partial charge in [-0.15, -0.1) is 16.8 Å². The number of allylic oxidation sites excluding steroid dienone is 1. The summed E-state index contributed by atoms with van der Waals surface area (Å²) in [6.45, 7) is 4.38. The maximum Gasteiger partial charge on any atom is 0.250 e. The van der Waals surface area contributed by atoms with Crippen LogP contribution in [0.4, 0.5) is 5.69 Å². The quantitative estimate of drug-likeness (QED) is 0.557. The molecule has 130 valence electrons. The Hall–Kier alpha value is -2.61. The molecule has 2 aromatic rings. The number of hydrogen-bond donors (Lipinski definition) is 2. The number of nitrogens with two attached hydrogens (primary N) is 1. The Kier molecular flexibility index (Phi) is 5.18. The molecular weight excluding hydrogens is 338 g/mol. The molecule has 8 heteroatoms. The first-order valence-electron chi connectivity index (χ1n) is 7.95. The second-order valence-corrected chi connectivity index (χ2v) is 6.70. The van der Waals surface area contributed by atoms with Crippen LogP contribution in [0.15, 0.2) is 42.1 Å². The second-order valence-electron chi connectivity index (χ2n) is 5.76. The lowest BCUT2D eigenvalue weighted by Crippen LogP contribution is -2.19. The molecule has 0 spiro atoms. The standard InChI is InChI=1S/C17H19N5O2S/c1-2-9-22-16(11-7-8-11)20-21-17(22)25-10-14(23)19-13-6-4-3-5-12(13)15(18)24/h2-6,11H,1,7-10H2,(H2,18,24)(H,19,23). The number of nitrogens with one attached hydrogen (secondary N) is 1. The molecule has 0 aliphatic heterocycles. The van der Waals surface area contributed by atoms with E-state index in [1.54, 1.807) is 30.3 Å². The third-order valence-corrected chi connectivity index (χ3v) is 4.77. The zero-order valence-electron chi connectivity index (χ0n) is 13.6. The monoisotopic (exact) mass is 357 g/mol. The molecule has 7 nitrogen and oxygen atoms in total. The average Bonchev–Trinajstić information content (AvgIpc) is 3.36. The van der Waals surface area contributed by atoms with Crippen molar-refractivity contribution < 1.29 is 9.59 Å². The van der Waals surface area contributed by atoms with Crippen LogP contribution in [-0.2, 0) is 11.3 Å². The van der Waals surface area contributed by atoms with Gasteiger partial charge in [0.1, 0.15) is 5.82 Å². The minimum Gasteiger partial charge on any atom is -0.366 e. The van der Waals surface area contributed by atoms with Crippen molar-refractivity contribution in [3.8, 4) is 0 Å². The zero-order chi connectivity index (χ0) is 17.8. The topological polar surface area (TPSA) is 103 Å². The summed E-state index contributed by atoms with van der Waals surface area (Å²) in [5.74, 6) is 0.774. The third kappa shape index (κ3) is 4.08. The number of rotatable bonds is 8. The van der Waals surface area contributed by atoms with Crippen molar-refractivity contribution in [3.05, 3.63) is 48.3 Å². The summed E-state index contributed by atoms with van der Waals surface area (Å²) in [5, 5.41) is 11.9. The molecule has 25 heavy (non-hydrogen) atoms. The lowest BCUT2D eigenvalue weighted by atomic mass is 10.1. The van der Waals surface area contributed by atoms with Crippen molar-refractivity contribution in [2.75, 3.05) is 11.1 Å². The highest BCUT2D eigenvalue weighted by Gasteiger charge is 2.30. The van der Waals surface area contributed by atoms with Gasteiger partial charge in [0.15, 0.2) is 5.16 Å². The number of aromatic nitrogens is 3. The molecule has 0 saturated heterocycles. The van der Waals surface area contributed by atoms with E-state index in [0.29, 0.717) is 23.3 Å². The summed E-state index contributed by atoms with van der Waals surface area (Å²) in [6.07, 6.45) is 4.05. The van der Waals surface area contributed by atoms with Crippen LogP contribution in [0.25, 0.3) is 0 Å². The van der Waals surface area contributed by atoms with E-state index in [1.807, 2.05) is 4.57 Å². The predicted octanol–water partition coefficient (Wildman–Crippen LogP) is 2.17. The Morgan fingerprint density at radius 2 is 2.12 bits per heavy atom. The number of anilines is 1. The molecule has 1 saturated carbocycles. The molecule has 1 aliphatic rings. The molecule has 1 heterocycles. The fraction of sp³-hybridized carbons (Fsp3) is 0.294. The van der Waals surface area contributed by atoms with Crippen molar-refractivity contribution >= 4 is 29.3 Å². The SMILES string of the molecule is C=CCn1c(SCC(=O)Nc2ccccc2C(N)=O)nnc1C1CC1. The second kappa shape index (κ2) is 7.52. The molecule has 1 aliphatic carbocycles. The van der Waals surface area contributed by atoms with Crippen molar-refractivity contribution in [1.82, 2.24) is 14.8 Å². The van der Waals surface area contributed by atoms with Crippen molar-refractivity contribution in [3.63, 3.8) is 0 Å². The summed E-state index contributed by atoms with van der Waals surface area (Å²) in [6, 6.07) is 6.65. The van der Waals surface area contributed by atoms with Gasteiger partial charge in [-0.25, -0.2) is 0 Å². The molecule has 1 aromatic heterocycles. The summed E-state index contributed by atoms with van der Waals surface area (Å²) in [4.78, 5) is 23.6. The summed E-state index contributed by atoms with van der Waals surface area (Å²) in [7, 11) is 0. The maximum atomic E-state index is 12.2. The molecule has 0 radical (unpaired) electrons. The van der Waals surface area contributed by atoms with Gasteiger partial charge in [-0.3, -0.25) is 9.59 Å². The van der Waals surface area contributed by atoms with E-state index in [9.17, 15) is 9.59 Å². The van der Waals surface area contributed by atoms with Crippen LogP contribution in [0.3, 0.4) is 0 Å². The first-order valence-corrected chi connectivity index (χ1v) is 8.94. The Morgan fingerprint density at radius 3 is 2.80 bits per heavy atom. The highest BCUT2D eigenvalue weighted by Crippen LogP contribution is 2.40. The zero-order valence-corrected chi connectivity index (χ0v) is 14.5. The van der Waals surface area contributed by atoms with Gasteiger partial charge in [0.2, 0.25) is 5.91 Å². The highest BCUT2D eigenvalue weighted by atomic mass is 32.2. The van der Waals surface area contributed by atoms with Gasteiger partial charge in [-0.1, -0.05) is 30.0 Å². The molecule has 0 unspecified atom stereocenters. The Morgan fingerprint density at radius 1 is 1.36 bits per heavy atom. The number of para-hydroxylation sites is 1. The van der Waals surface area contributed by atoms with Gasteiger partial charge in [-0.2, -0.15) is 0 Å². The van der Waals surface area contributed by atoms with E-state index in [4.69, 9.17) is 5.73 Å².